The molecule has 96 valence electrons. The van der Waals surface area contributed by atoms with Gasteiger partial charge >= 0.3 is 0 Å². The van der Waals surface area contributed by atoms with Crippen molar-refractivity contribution in [1.82, 2.24) is 19.3 Å². The van der Waals surface area contributed by atoms with Crippen molar-refractivity contribution >= 4 is 11.0 Å². The molecule has 3 aromatic rings. The van der Waals surface area contributed by atoms with Crippen molar-refractivity contribution in [2.24, 2.45) is 7.05 Å². The summed E-state index contributed by atoms with van der Waals surface area (Å²) in [5.41, 5.74) is 1.08. The molecule has 3 rings (SSSR count). The van der Waals surface area contributed by atoms with E-state index in [9.17, 15) is 9.18 Å². The van der Waals surface area contributed by atoms with Gasteiger partial charge in [-0.15, -0.1) is 0 Å². The number of rotatable bonds is 2. The van der Waals surface area contributed by atoms with Crippen LogP contribution in [0.25, 0.3) is 11.0 Å². The predicted octanol–water partition coefficient (Wildman–Crippen LogP) is 1.32. The molecule has 0 amide bonds. The molecule has 6 heteroatoms. The summed E-state index contributed by atoms with van der Waals surface area (Å²) in [4.78, 5) is 16.4. The van der Waals surface area contributed by atoms with E-state index in [4.69, 9.17) is 0 Å². The summed E-state index contributed by atoms with van der Waals surface area (Å²) in [6.07, 6.45) is 2.95. The van der Waals surface area contributed by atoms with Gasteiger partial charge in [0, 0.05) is 7.05 Å². The number of halogens is 1. The molecule has 0 atom stereocenters. The molecule has 0 unspecified atom stereocenters. The molecule has 0 saturated carbocycles. The van der Waals surface area contributed by atoms with E-state index >= 15 is 0 Å². The van der Waals surface area contributed by atoms with E-state index < -0.39 is 0 Å². The second kappa shape index (κ2) is 4.31. The van der Waals surface area contributed by atoms with Gasteiger partial charge in [0.2, 0.25) is 0 Å². The smallest absolute Gasteiger partial charge is 0.264 e. The zero-order valence-electron chi connectivity index (χ0n) is 10.2. The van der Waals surface area contributed by atoms with Crippen molar-refractivity contribution < 1.29 is 4.39 Å². The maximum absolute atomic E-state index is 13.1. The number of fused-ring (bicyclic) bond motifs is 1. The molecule has 0 aliphatic heterocycles. The minimum atomic E-state index is -0.319. The van der Waals surface area contributed by atoms with Crippen molar-refractivity contribution in [2.45, 2.75) is 6.54 Å². The fourth-order valence-corrected chi connectivity index (χ4v) is 2.01. The van der Waals surface area contributed by atoms with Gasteiger partial charge in [0.15, 0.2) is 5.65 Å². The van der Waals surface area contributed by atoms with Crippen LogP contribution in [0.5, 0.6) is 0 Å². The highest BCUT2D eigenvalue weighted by molar-refractivity contribution is 5.72. The molecule has 0 N–H and O–H groups in total. The Kier molecular flexibility index (Phi) is 2.63. The van der Waals surface area contributed by atoms with Crippen LogP contribution in [0.15, 0.2) is 41.6 Å². The molecule has 0 spiro atoms. The lowest BCUT2D eigenvalue weighted by molar-refractivity contribution is 0.622. The van der Waals surface area contributed by atoms with Crippen molar-refractivity contribution in [3.8, 4) is 0 Å². The molecular weight excluding hydrogens is 247 g/mol. The molecule has 2 heterocycles. The van der Waals surface area contributed by atoms with E-state index in [-0.39, 0.29) is 17.9 Å². The third-order valence-corrected chi connectivity index (χ3v) is 2.96. The van der Waals surface area contributed by atoms with Crippen LogP contribution in [-0.4, -0.2) is 19.3 Å². The second-order valence-corrected chi connectivity index (χ2v) is 4.31. The third kappa shape index (κ3) is 2.01. The molecule has 0 radical (unpaired) electrons. The van der Waals surface area contributed by atoms with Gasteiger partial charge in [0.05, 0.1) is 12.7 Å². The second-order valence-electron chi connectivity index (χ2n) is 4.31. The van der Waals surface area contributed by atoms with Crippen molar-refractivity contribution in [1.29, 1.82) is 0 Å². The Morgan fingerprint density at radius 2 is 2.21 bits per heavy atom. The lowest BCUT2D eigenvalue weighted by atomic mass is 10.2. The van der Waals surface area contributed by atoms with Crippen molar-refractivity contribution in [3.05, 3.63) is 58.5 Å². The molecular formula is C13H11FN4O. The summed E-state index contributed by atoms with van der Waals surface area (Å²) in [5, 5.41) is 4.46. The Bertz CT molecular complexity index is 806. The largest absolute Gasteiger partial charge is 0.294 e. The first-order valence-corrected chi connectivity index (χ1v) is 5.77. The first-order valence-electron chi connectivity index (χ1n) is 5.77. The quantitative estimate of drug-likeness (QED) is 0.696. The van der Waals surface area contributed by atoms with Gasteiger partial charge in [-0.05, 0) is 17.7 Å². The lowest BCUT2D eigenvalue weighted by Gasteiger charge is -2.05. The van der Waals surface area contributed by atoms with E-state index in [2.05, 4.69) is 10.1 Å². The minimum absolute atomic E-state index is 0.178. The number of benzene rings is 1. The number of aryl methyl sites for hydroxylation is 1. The van der Waals surface area contributed by atoms with Crippen LogP contribution >= 0.6 is 0 Å². The van der Waals surface area contributed by atoms with Crippen LogP contribution in [0.2, 0.25) is 0 Å². The molecule has 0 bridgehead atoms. The number of aromatic nitrogens is 4. The highest BCUT2D eigenvalue weighted by atomic mass is 19.1. The summed E-state index contributed by atoms with van der Waals surface area (Å²) >= 11 is 0. The van der Waals surface area contributed by atoms with Crippen LogP contribution < -0.4 is 5.56 Å². The molecule has 5 nitrogen and oxygen atoms in total. The molecule has 19 heavy (non-hydrogen) atoms. The van der Waals surface area contributed by atoms with Gasteiger partial charge in [0.1, 0.15) is 17.5 Å². The number of hydrogen-bond acceptors (Lipinski definition) is 3. The van der Waals surface area contributed by atoms with E-state index in [1.54, 1.807) is 23.9 Å². The van der Waals surface area contributed by atoms with Gasteiger partial charge in [-0.2, -0.15) is 5.10 Å². The molecule has 0 aliphatic rings. The Labute approximate surface area is 107 Å². The Morgan fingerprint density at radius 3 is 3.00 bits per heavy atom. The van der Waals surface area contributed by atoms with Crippen LogP contribution in [0.1, 0.15) is 5.56 Å². The van der Waals surface area contributed by atoms with Crippen LogP contribution in [0.4, 0.5) is 4.39 Å². The summed E-state index contributed by atoms with van der Waals surface area (Å²) in [7, 11) is 1.73. The first kappa shape index (κ1) is 11.6. The normalized spacial score (nSPS) is 11.1. The van der Waals surface area contributed by atoms with Gasteiger partial charge < -0.3 is 0 Å². The lowest BCUT2D eigenvalue weighted by Crippen LogP contribution is -2.21. The van der Waals surface area contributed by atoms with Crippen LogP contribution in [-0.2, 0) is 13.6 Å². The van der Waals surface area contributed by atoms with E-state index in [1.807, 2.05) is 0 Å². The fraction of sp³-hybridized carbons (Fsp3) is 0.154. The fourth-order valence-electron chi connectivity index (χ4n) is 2.01. The van der Waals surface area contributed by atoms with Crippen molar-refractivity contribution in [3.63, 3.8) is 0 Å². The number of hydrogen-bond donors (Lipinski definition) is 0. The SMILES string of the molecule is Cn1ncc2c(=O)n(Cc3cccc(F)c3)cnc21. The standard InChI is InChI=1S/C13H11FN4O/c1-17-12-11(6-16-17)13(19)18(8-15-12)7-9-3-2-4-10(14)5-9/h2-6,8H,7H2,1H3. The molecule has 0 aliphatic carbocycles. The zero-order chi connectivity index (χ0) is 13.4. The average molecular weight is 258 g/mol. The number of nitrogens with zero attached hydrogens (tertiary/aromatic N) is 4. The topological polar surface area (TPSA) is 52.7 Å². The highest BCUT2D eigenvalue weighted by Crippen LogP contribution is 2.07. The Hall–Kier alpha value is -2.50. The summed E-state index contributed by atoms with van der Waals surface area (Å²) in [6, 6.07) is 6.16. The highest BCUT2D eigenvalue weighted by Gasteiger charge is 2.08. The van der Waals surface area contributed by atoms with Gasteiger partial charge in [-0.1, -0.05) is 12.1 Å². The summed E-state index contributed by atoms with van der Waals surface area (Å²) in [5.74, 6) is -0.319. The Morgan fingerprint density at radius 1 is 1.37 bits per heavy atom. The predicted molar refractivity (Wildman–Crippen MR) is 68.3 cm³/mol. The van der Waals surface area contributed by atoms with Crippen LogP contribution in [0.3, 0.4) is 0 Å². The first-order chi connectivity index (χ1) is 9.15. The molecule has 0 fully saturated rings. The van der Waals surface area contributed by atoms with E-state index in [1.165, 1.54) is 29.2 Å². The Balaban J connectivity index is 2.06. The summed E-state index contributed by atoms with van der Waals surface area (Å²) in [6.45, 7) is 0.286. The van der Waals surface area contributed by atoms with Gasteiger partial charge in [0.25, 0.3) is 5.56 Å². The molecule has 0 saturated heterocycles. The van der Waals surface area contributed by atoms with E-state index in [0.717, 1.165) is 0 Å². The molecule has 2 aromatic heterocycles. The minimum Gasteiger partial charge on any atom is -0.294 e. The average Bonchev–Trinajstić information content (AvgIpc) is 2.76. The monoisotopic (exact) mass is 258 g/mol. The molecule has 1 aromatic carbocycles. The maximum atomic E-state index is 13.1. The third-order valence-electron chi connectivity index (χ3n) is 2.96. The zero-order valence-corrected chi connectivity index (χ0v) is 10.2. The van der Waals surface area contributed by atoms with Crippen molar-refractivity contribution in [2.75, 3.05) is 0 Å². The maximum Gasteiger partial charge on any atom is 0.264 e. The van der Waals surface area contributed by atoms with Gasteiger partial charge in [-0.3, -0.25) is 14.0 Å². The van der Waals surface area contributed by atoms with Crippen LogP contribution in [0, 0.1) is 5.82 Å². The van der Waals surface area contributed by atoms with E-state index in [0.29, 0.717) is 16.6 Å². The summed E-state index contributed by atoms with van der Waals surface area (Å²) < 4.78 is 16.1. The van der Waals surface area contributed by atoms with Gasteiger partial charge in [-0.25, -0.2) is 9.37 Å².